The minimum absolute atomic E-state index is 0.368. The topological polar surface area (TPSA) is 20.2 Å². The van der Waals surface area contributed by atoms with Crippen LogP contribution in [0.25, 0.3) is 0 Å². The van der Waals surface area contributed by atoms with E-state index in [1.54, 1.807) is 17.8 Å². The first kappa shape index (κ1) is 8.20. The van der Waals surface area contributed by atoms with E-state index in [9.17, 15) is 5.11 Å². The highest BCUT2D eigenvalue weighted by atomic mass is 127. The molecule has 3 heteroatoms. The fourth-order valence-corrected chi connectivity index (χ4v) is 2.18. The minimum atomic E-state index is 0.368. The largest absolute Gasteiger partial charge is 0.507 e. The van der Waals surface area contributed by atoms with Gasteiger partial charge in [0.15, 0.2) is 0 Å². The maximum atomic E-state index is 9.21. The summed E-state index contributed by atoms with van der Waals surface area (Å²) in [6.45, 7) is 0. The number of rotatable bonds is 1. The number of halogens is 1. The van der Waals surface area contributed by atoms with E-state index in [0.29, 0.717) is 5.75 Å². The van der Waals surface area contributed by atoms with Gasteiger partial charge in [0, 0.05) is 4.90 Å². The summed E-state index contributed by atoms with van der Waals surface area (Å²) in [6, 6.07) is 5.54. The van der Waals surface area contributed by atoms with Crippen LogP contribution in [0.1, 0.15) is 0 Å². The quantitative estimate of drug-likeness (QED) is 0.623. The van der Waals surface area contributed by atoms with Gasteiger partial charge in [0.1, 0.15) is 5.75 Å². The molecule has 0 radical (unpaired) electrons. The maximum absolute atomic E-state index is 9.21. The molecule has 0 heterocycles. The van der Waals surface area contributed by atoms with Crippen LogP contribution in [0.15, 0.2) is 23.1 Å². The van der Waals surface area contributed by atoms with E-state index < -0.39 is 0 Å². The third-order valence-corrected chi connectivity index (χ3v) is 3.44. The van der Waals surface area contributed by atoms with Gasteiger partial charge in [-0.3, -0.25) is 0 Å². The monoisotopic (exact) mass is 266 g/mol. The summed E-state index contributed by atoms with van der Waals surface area (Å²) in [5.41, 5.74) is 0. The molecule has 0 saturated heterocycles. The van der Waals surface area contributed by atoms with Gasteiger partial charge >= 0.3 is 0 Å². The van der Waals surface area contributed by atoms with Crippen LogP contribution in [-0.2, 0) is 0 Å². The lowest BCUT2D eigenvalue weighted by molar-refractivity contribution is 0.469. The molecule has 1 aromatic rings. The predicted octanol–water partition coefficient (Wildman–Crippen LogP) is 2.72. The van der Waals surface area contributed by atoms with Crippen molar-refractivity contribution in [2.45, 2.75) is 4.90 Å². The van der Waals surface area contributed by atoms with Gasteiger partial charge < -0.3 is 5.11 Å². The molecule has 54 valence electrons. The summed E-state index contributed by atoms with van der Waals surface area (Å²) in [7, 11) is 0. The molecule has 0 amide bonds. The van der Waals surface area contributed by atoms with Gasteiger partial charge in [-0.25, -0.2) is 0 Å². The standard InChI is InChI=1S/C7H7IOS/c1-10-6-4-2-3-5(9)7(6)8/h2-4,9H,1H3. The second-order valence-corrected chi connectivity index (χ2v) is 3.72. The number of thioether (sulfide) groups is 1. The van der Waals surface area contributed by atoms with E-state index in [4.69, 9.17) is 0 Å². The Labute approximate surface area is 78.0 Å². The lowest BCUT2D eigenvalue weighted by Gasteiger charge is -2.00. The van der Waals surface area contributed by atoms with Crippen LogP contribution in [0.2, 0.25) is 0 Å². The highest BCUT2D eigenvalue weighted by Crippen LogP contribution is 2.28. The summed E-state index contributed by atoms with van der Waals surface area (Å²) in [4.78, 5) is 1.13. The van der Waals surface area contributed by atoms with Crippen LogP contribution >= 0.6 is 34.4 Å². The van der Waals surface area contributed by atoms with Crippen LogP contribution in [0.3, 0.4) is 0 Å². The highest BCUT2D eigenvalue weighted by Gasteiger charge is 2.00. The molecule has 0 aliphatic carbocycles. The Kier molecular flexibility index (Phi) is 2.85. The average Bonchev–Trinajstić information content (AvgIpc) is 1.95. The Hall–Kier alpha value is 0.100. The minimum Gasteiger partial charge on any atom is -0.507 e. The number of aromatic hydroxyl groups is 1. The first-order valence-electron chi connectivity index (χ1n) is 2.77. The lowest BCUT2D eigenvalue weighted by Crippen LogP contribution is -1.77. The predicted molar refractivity (Wildman–Crippen MR) is 52.6 cm³/mol. The summed E-state index contributed by atoms with van der Waals surface area (Å²) < 4.78 is 0.938. The van der Waals surface area contributed by atoms with Gasteiger partial charge in [0.05, 0.1) is 3.57 Å². The van der Waals surface area contributed by atoms with Gasteiger partial charge in [-0.2, -0.15) is 0 Å². The molecule has 1 N–H and O–H groups in total. The molecule has 1 nitrogen and oxygen atoms in total. The van der Waals surface area contributed by atoms with E-state index >= 15 is 0 Å². The molecule has 0 fully saturated rings. The van der Waals surface area contributed by atoms with Crippen LogP contribution in [0, 0.1) is 3.57 Å². The van der Waals surface area contributed by atoms with Gasteiger partial charge in [-0.05, 0) is 41.0 Å². The van der Waals surface area contributed by atoms with Gasteiger partial charge in [0.25, 0.3) is 0 Å². The molecular weight excluding hydrogens is 259 g/mol. The molecule has 1 aromatic carbocycles. The number of phenols is 1. The fourth-order valence-electron chi connectivity index (χ4n) is 0.657. The van der Waals surface area contributed by atoms with E-state index in [2.05, 4.69) is 22.6 Å². The van der Waals surface area contributed by atoms with E-state index in [-0.39, 0.29) is 0 Å². The van der Waals surface area contributed by atoms with Gasteiger partial charge in [0.2, 0.25) is 0 Å². The Morgan fingerprint density at radius 1 is 1.50 bits per heavy atom. The summed E-state index contributed by atoms with van der Waals surface area (Å²) in [6.07, 6.45) is 2.00. The third kappa shape index (κ3) is 1.58. The summed E-state index contributed by atoms with van der Waals surface area (Å²) >= 11 is 3.78. The first-order chi connectivity index (χ1) is 4.75. The summed E-state index contributed by atoms with van der Waals surface area (Å²) in [5.74, 6) is 0.368. The normalized spacial score (nSPS) is 9.80. The zero-order valence-electron chi connectivity index (χ0n) is 5.47. The lowest BCUT2D eigenvalue weighted by atomic mass is 10.3. The average molecular weight is 266 g/mol. The van der Waals surface area contributed by atoms with Crippen molar-refractivity contribution in [1.29, 1.82) is 0 Å². The van der Waals surface area contributed by atoms with Crippen LogP contribution in [0.5, 0.6) is 5.75 Å². The number of hydrogen-bond acceptors (Lipinski definition) is 2. The molecule has 0 unspecified atom stereocenters. The molecule has 0 aliphatic rings. The van der Waals surface area contributed by atoms with E-state index in [1.165, 1.54) is 0 Å². The Morgan fingerprint density at radius 2 is 2.20 bits per heavy atom. The SMILES string of the molecule is CSc1cccc(O)c1I. The fraction of sp³-hybridized carbons (Fsp3) is 0.143. The molecule has 0 aromatic heterocycles. The third-order valence-electron chi connectivity index (χ3n) is 1.16. The summed E-state index contributed by atoms with van der Waals surface area (Å²) in [5, 5.41) is 9.21. The Morgan fingerprint density at radius 3 is 2.70 bits per heavy atom. The zero-order valence-corrected chi connectivity index (χ0v) is 8.44. The van der Waals surface area contributed by atoms with Crippen LogP contribution < -0.4 is 0 Å². The number of phenolic OH excluding ortho intramolecular Hbond substituents is 1. The van der Waals surface area contributed by atoms with E-state index in [1.807, 2.05) is 18.4 Å². The Balaban J connectivity index is 3.14. The molecule has 10 heavy (non-hydrogen) atoms. The highest BCUT2D eigenvalue weighted by molar-refractivity contribution is 14.1. The second kappa shape index (κ2) is 3.48. The molecule has 0 atom stereocenters. The number of benzene rings is 1. The van der Waals surface area contributed by atoms with Crippen molar-refractivity contribution in [3.05, 3.63) is 21.8 Å². The van der Waals surface area contributed by atoms with Crippen LogP contribution in [-0.4, -0.2) is 11.4 Å². The second-order valence-electron chi connectivity index (χ2n) is 1.79. The first-order valence-corrected chi connectivity index (χ1v) is 5.07. The smallest absolute Gasteiger partial charge is 0.130 e. The van der Waals surface area contributed by atoms with E-state index in [0.717, 1.165) is 8.47 Å². The van der Waals surface area contributed by atoms with Crippen molar-refractivity contribution >= 4 is 34.4 Å². The van der Waals surface area contributed by atoms with Crippen molar-refractivity contribution in [2.75, 3.05) is 6.26 Å². The van der Waals surface area contributed by atoms with Gasteiger partial charge in [-0.15, -0.1) is 11.8 Å². The molecular formula is C7H7IOS. The van der Waals surface area contributed by atoms with Crippen molar-refractivity contribution in [2.24, 2.45) is 0 Å². The van der Waals surface area contributed by atoms with Crippen molar-refractivity contribution in [3.8, 4) is 5.75 Å². The maximum Gasteiger partial charge on any atom is 0.130 e. The van der Waals surface area contributed by atoms with Crippen molar-refractivity contribution < 1.29 is 5.11 Å². The van der Waals surface area contributed by atoms with Gasteiger partial charge in [-0.1, -0.05) is 6.07 Å². The molecule has 0 spiro atoms. The molecule has 1 rings (SSSR count). The zero-order chi connectivity index (χ0) is 7.56. The molecule has 0 bridgehead atoms. The van der Waals surface area contributed by atoms with Crippen LogP contribution in [0.4, 0.5) is 0 Å². The van der Waals surface area contributed by atoms with Crippen molar-refractivity contribution in [1.82, 2.24) is 0 Å². The number of hydrogen-bond donors (Lipinski definition) is 1. The Bertz CT molecular complexity index is 237. The molecule has 0 saturated carbocycles. The van der Waals surface area contributed by atoms with Crippen molar-refractivity contribution in [3.63, 3.8) is 0 Å². The molecule has 0 aliphatic heterocycles.